The highest BCUT2D eigenvalue weighted by Crippen LogP contribution is 2.31. The van der Waals surface area contributed by atoms with Gasteiger partial charge in [0.1, 0.15) is 11.4 Å². The molecular weight excluding hydrogens is 304 g/mol. The number of halogens is 1. The van der Waals surface area contributed by atoms with Crippen LogP contribution in [0.15, 0.2) is 29.8 Å². The molecule has 0 unspecified atom stereocenters. The summed E-state index contributed by atoms with van der Waals surface area (Å²) in [6, 6.07) is 6.17. The van der Waals surface area contributed by atoms with Gasteiger partial charge >= 0.3 is 0 Å². The summed E-state index contributed by atoms with van der Waals surface area (Å²) in [6.07, 6.45) is 1.96. The summed E-state index contributed by atoms with van der Waals surface area (Å²) in [5, 5.41) is 1.99. The summed E-state index contributed by atoms with van der Waals surface area (Å²) in [7, 11) is 0. The van der Waals surface area contributed by atoms with Gasteiger partial charge in [-0.3, -0.25) is 4.40 Å². The highest BCUT2D eigenvalue weighted by Gasteiger charge is 2.15. The topological polar surface area (TPSA) is 26.5 Å². The average molecular weight is 321 g/mol. The van der Waals surface area contributed by atoms with Crippen molar-refractivity contribution in [1.82, 2.24) is 9.38 Å². The van der Waals surface area contributed by atoms with E-state index in [2.05, 4.69) is 37.9 Å². The molecule has 0 fully saturated rings. The Kier molecular flexibility index (Phi) is 3.91. The van der Waals surface area contributed by atoms with E-state index in [-0.39, 0.29) is 0 Å². The zero-order valence-corrected chi connectivity index (χ0v) is 13.8. The zero-order valence-electron chi connectivity index (χ0n) is 12.3. The molecule has 3 nitrogen and oxygen atoms in total. The van der Waals surface area contributed by atoms with Crippen molar-refractivity contribution in [2.75, 3.05) is 0 Å². The lowest BCUT2D eigenvalue weighted by molar-refractivity contribution is 0.461. The molecule has 5 heteroatoms. The number of aromatic nitrogens is 2. The molecule has 1 aromatic carbocycles. The number of hydrogen-bond donors (Lipinski definition) is 0. The maximum Gasteiger partial charge on any atom is 0.243 e. The molecular formula is C16H17ClN2OS. The van der Waals surface area contributed by atoms with Crippen LogP contribution >= 0.6 is 22.9 Å². The van der Waals surface area contributed by atoms with E-state index < -0.39 is 0 Å². The quantitative estimate of drug-likeness (QED) is 0.605. The standard InChI is InChI=1S/C16H17ClN2OS/c1-10(2)13-5-4-12(8-11(13)3)20-15-14(9-17)19-6-7-21-16(19)18-15/h4-8,10H,9H2,1-3H3. The fourth-order valence-electron chi connectivity index (χ4n) is 2.49. The summed E-state index contributed by atoms with van der Waals surface area (Å²) < 4.78 is 7.92. The molecule has 0 aliphatic heterocycles. The number of fused-ring (bicyclic) bond motifs is 1. The lowest BCUT2D eigenvalue weighted by Gasteiger charge is -2.11. The fraction of sp³-hybridized carbons (Fsp3) is 0.312. The Morgan fingerprint density at radius 1 is 1.38 bits per heavy atom. The minimum atomic E-state index is 0.371. The van der Waals surface area contributed by atoms with Crippen LogP contribution in [0.3, 0.4) is 0 Å². The van der Waals surface area contributed by atoms with Crippen molar-refractivity contribution in [3.05, 3.63) is 46.6 Å². The Morgan fingerprint density at radius 3 is 2.86 bits per heavy atom. The van der Waals surface area contributed by atoms with Crippen molar-refractivity contribution in [3.8, 4) is 11.6 Å². The van der Waals surface area contributed by atoms with Crippen LogP contribution in [0.25, 0.3) is 4.96 Å². The third-order valence-corrected chi connectivity index (χ3v) is 4.54. The van der Waals surface area contributed by atoms with Gasteiger partial charge in [0, 0.05) is 11.6 Å². The summed E-state index contributed by atoms with van der Waals surface area (Å²) >= 11 is 7.61. The van der Waals surface area contributed by atoms with E-state index in [9.17, 15) is 0 Å². The number of thiazole rings is 1. The van der Waals surface area contributed by atoms with Crippen LogP contribution in [0.2, 0.25) is 0 Å². The lowest BCUT2D eigenvalue weighted by atomic mass is 9.98. The van der Waals surface area contributed by atoms with Crippen molar-refractivity contribution in [2.24, 2.45) is 0 Å². The van der Waals surface area contributed by atoms with E-state index in [0.29, 0.717) is 17.7 Å². The molecule has 0 radical (unpaired) electrons. The van der Waals surface area contributed by atoms with Crippen LogP contribution < -0.4 is 4.74 Å². The number of rotatable bonds is 4. The van der Waals surface area contributed by atoms with Gasteiger partial charge in [-0.2, -0.15) is 4.98 Å². The number of benzene rings is 1. The predicted molar refractivity (Wildman–Crippen MR) is 88.0 cm³/mol. The van der Waals surface area contributed by atoms with Gasteiger partial charge < -0.3 is 4.74 Å². The first kappa shape index (κ1) is 14.4. The predicted octanol–water partition coefficient (Wildman–Crippen LogP) is 5.36. The van der Waals surface area contributed by atoms with E-state index in [1.54, 1.807) is 11.3 Å². The normalized spacial score (nSPS) is 11.5. The van der Waals surface area contributed by atoms with E-state index in [4.69, 9.17) is 16.3 Å². The van der Waals surface area contributed by atoms with Gasteiger partial charge in [0.05, 0.1) is 5.88 Å². The molecule has 0 amide bonds. The zero-order chi connectivity index (χ0) is 15.0. The first-order valence-electron chi connectivity index (χ1n) is 6.89. The molecule has 0 saturated carbocycles. The van der Waals surface area contributed by atoms with Crippen molar-refractivity contribution >= 4 is 27.9 Å². The van der Waals surface area contributed by atoms with Crippen LogP contribution in [0.4, 0.5) is 0 Å². The summed E-state index contributed by atoms with van der Waals surface area (Å²) in [6.45, 7) is 6.49. The monoisotopic (exact) mass is 320 g/mol. The number of aryl methyl sites for hydroxylation is 1. The Labute approximate surface area is 133 Å². The number of hydrogen-bond acceptors (Lipinski definition) is 3. The maximum absolute atomic E-state index is 6.04. The molecule has 0 bridgehead atoms. The van der Waals surface area contributed by atoms with Gasteiger partial charge in [0.15, 0.2) is 4.96 Å². The highest BCUT2D eigenvalue weighted by atomic mass is 35.5. The molecule has 0 atom stereocenters. The number of ether oxygens (including phenoxy) is 1. The molecule has 2 heterocycles. The average Bonchev–Trinajstić information content (AvgIpc) is 2.98. The SMILES string of the molecule is Cc1cc(Oc2nc3sccn3c2CCl)ccc1C(C)C. The maximum atomic E-state index is 6.04. The molecule has 2 aromatic heterocycles. The molecule has 21 heavy (non-hydrogen) atoms. The van der Waals surface area contributed by atoms with E-state index in [1.165, 1.54) is 11.1 Å². The van der Waals surface area contributed by atoms with Gasteiger partial charge in [0.25, 0.3) is 0 Å². The van der Waals surface area contributed by atoms with Gasteiger partial charge in [-0.15, -0.1) is 22.9 Å². The smallest absolute Gasteiger partial charge is 0.243 e. The molecule has 3 aromatic rings. The first-order chi connectivity index (χ1) is 10.1. The molecule has 0 N–H and O–H groups in total. The Bertz CT molecular complexity index is 776. The van der Waals surface area contributed by atoms with Crippen molar-refractivity contribution in [1.29, 1.82) is 0 Å². The third-order valence-electron chi connectivity index (χ3n) is 3.53. The Morgan fingerprint density at radius 2 is 2.19 bits per heavy atom. The van der Waals surface area contributed by atoms with Crippen molar-refractivity contribution in [3.63, 3.8) is 0 Å². The molecule has 110 valence electrons. The second kappa shape index (κ2) is 5.70. The second-order valence-corrected chi connectivity index (χ2v) is 6.47. The van der Waals surface area contributed by atoms with Crippen LogP contribution in [-0.2, 0) is 5.88 Å². The van der Waals surface area contributed by atoms with E-state index in [0.717, 1.165) is 16.4 Å². The minimum Gasteiger partial charge on any atom is -0.437 e. The van der Waals surface area contributed by atoms with Crippen molar-refractivity contribution < 1.29 is 4.74 Å². The second-order valence-electron chi connectivity index (χ2n) is 5.33. The van der Waals surface area contributed by atoms with E-state index in [1.807, 2.05) is 22.0 Å². The molecule has 0 aliphatic rings. The van der Waals surface area contributed by atoms with Crippen LogP contribution in [0.1, 0.15) is 36.6 Å². The number of nitrogens with zero attached hydrogens (tertiary/aromatic N) is 2. The molecule has 0 saturated heterocycles. The van der Waals surface area contributed by atoms with Gasteiger partial charge in [0.2, 0.25) is 5.88 Å². The van der Waals surface area contributed by atoms with Crippen LogP contribution in [0, 0.1) is 6.92 Å². The molecule has 3 rings (SSSR count). The molecule has 0 aliphatic carbocycles. The van der Waals surface area contributed by atoms with Crippen molar-refractivity contribution in [2.45, 2.75) is 32.6 Å². The van der Waals surface area contributed by atoms with Crippen LogP contribution in [0.5, 0.6) is 11.6 Å². The highest BCUT2D eigenvalue weighted by molar-refractivity contribution is 7.15. The first-order valence-corrected chi connectivity index (χ1v) is 8.30. The third kappa shape index (κ3) is 2.65. The Hall–Kier alpha value is -1.52. The minimum absolute atomic E-state index is 0.371. The number of imidazole rings is 1. The fourth-order valence-corrected chi connectivity index (χ4v) is 3.45. The van der Waals surface area contributed by atoms with Crippen LogP contribution in [-0.4, -0.2) is 9.38 Å². The summed E-state index contributed by atoms with van der Waals surface area (Å²) in [5.41, 5.74) is 3.46. The Balaban J connectivity index is 1.95. The molecule has 0 spiro atoms. The lowest BCUT2D eigenvalue weighted by Crippen LogP contribution is -1.95. The van der Waals surface area contributed by atoms with Gasteiger partial charge in [-0.05, 0) is 36.1 Å². The summed E-state index contributed by atoms with van der Waals surface area (Å²) in [4.78, 5) is 5.40. The van der Waals surface area contributed by atoms with E-state index >= 15 is 0 Å². The largest absolute Gasteiger partial charge is 0.437 e. The summed E-state index contributed by atoms with van der Waals surface area (Å²) in [5.74, 6) is 2.27. The van der Waals surface area contributed by atoms with Gasteiger partial charge in [-0.1, -0.05) is 19.9 Å². The van der Waals surface area contributed by atoms with Gasteiger partial charge in [-0.25, -0.2) is 0 Å². The number of alkyl halides is 1.